The summed E-state index contributed by atoms with van der Waals surface area (Å²) < 4.78 is 29.5. The minimum atomic E-state index is -3.61. The molecular formula is C20H30N4O5S. The van der Waals surface area contributed by atoms with Crippen molar-refractivity contribution in [1.82, 2.24) is 10.0 Å². The zero-order valence-corrected chi connectivity index (χ0v) is 18.1. The van der Waals surface area contributed by atoms with Gasteiger partial charge >= 0.3 is 5.97 Å². The largest absolute Gasteiger partial charge is 0.468 e. The Kier molecular flexibility index (Phi) is 8.36. The van der Waals surface area contributed by atoms with Crippen LogP contribution in [0, 0.1) is 11.3 Å². The highest BCUT2D eigenvalue weighted by molar-refractivity contribution is 7.88. The molecule has 1 atom stereocenters. The Bertz CT molecular complexity index is 862. The second kappa shape index (κ2) is 10.5. The fraction of sp³-hybridized carbons (Fsp3) is 0.550. The Morgan fingerprint density at radius 3 is 2.30 bits per heavy atom. The monoisotopic (exact) mass is 438 g/mol. The van der Waals surface area contributed by atoms with Crippen LogP contribution in [-0.4, -0.2) is 52.1 Å². The maximum Gasteiger partial charge on any atom is 0.325 e. The van der Waals surface area contributed by atoms with Crippen molar-refractivity contribution in [3.63, 3.8) is 0 Å². The molecule has 9 nitrogen and oxygen atoms in total. The summed E-state index contributed by atoms with van der Waals surface area (Å²) in [5.74, 6) is -0.242. The molecule has 0 radical (unpaired) electrons. The molecule has 30 heavy (non-hydrogen) atoms. The summed E-state index contributed by atoms with van der Waals surface area (Å²) in [4.78, 5) is 24.0. The van der Waals surface area contributed by atoms with E-state index >= 15 is 0 Å². The second-order valence-corrected chi connectivity index (χ2v) is 9.51. The van der Waals surface area contributed by atoms with Crippen molar-refractivity contribution in [3.8, 4) is 0 Å². The van der Waals surface area contributed by atoms with E-state index in [1.165, 1.54) is 5.56 Å². The van der Waals surface area contributed by atoms with Crippen LogP contribution >= 0.6 is 0 Å². The standard InChI is InChI=1S/C20H30N4O5S/c1-29-20(26)17(24-30(2,27)28)12-23-18(25)11-13-3-5-14(6-4-13)15-7-9-16(10-8-15)19(21)22/h7-10,13-14,17,24H,3-6,11-12H2,1-2H3,(H3,21,22)(H,23,25). The van der Waals surface area contributed by atoms with Gasteiger partial charge in [-0.05, 0) is 43.1 Å². The quantitative estimate of drug-likeness (QED) is 0.255. The van der Waals surface area contributed by atoms with Gasteiger partial charge < -0.3 is 15.8 Å². The van der Waals surface area contributed by atoms with Crippen molar-refractivity contribution in [3.05, 3.63) is 35.4 Å². The first-order valence-corrected chi connectivity index (χ1v) is 11.7. The van der Waals surface area contributed by atoms with Crippen molar-refractivity contribution in [2.45, 2.75) is 44.1 Å². The molecule has 1 aliphatic rings. The summed E-state index contributed by atoms with van der Waals surface area (Å²) in [7, 11) is -2.45. The average molecular weight is 439 g/mol. The number of amides is 1. The van der Waals surface area contributed by atoms with E-state index in [0.29, 0.717) is 17.9 Å². The molecule has 0 saturated heterocycles. The predicted octanol–water partition coefficient (Wildman–Crippen LogP) is 0.842. The number of esters is 1. The summed E-state index contributed by atoms with van der Waals surface area (Å²) in [5.41, 5.74) is 7.42. The van der Waals surface area contributed by atoms with Crippen molar-refractivity contribution < 1.29 is 22.7 Å². The molecule has 1 saturated carbocycles. The first kappa shape index (κ1) is 23.8. The summed E-state index contributed by atoms with van der Waals surface area (Å²) >= 11 is 0. The molecule has 1 aromatic rings. The summed E-state index contributed by atoms with van der Waals surface area (Å²) in [5, 5.41) is 10.1. The van der Waals surface area contributed by atoms with Gasteiger partial charge in [0.2, 0.25) is 15.9 Å². The van der Waals surface area contributed by atoms with Gasteiger partial charge in [0.05, 0.1) is 13.4 Å². The van der Waals surface area contributed by atoms with E-state index in [4.69, 9.17) is 11.1 Å². The molecule has 0 bridgehead atoms. The third-order valence-electron chi connectivity index (χ3n) is 5.36. The molecule has 1 aliphatic carbocycles. The second-order valence-electron chi connectivity index (χ2n) is 7.73. The molecule has 2 rings (SSSR count). The molecule has 0 aromatic heterocycles. The molecule has 0 spiro atoms. The number of amidine groups is 1. The van der Waals surface area contributed by atoms with Gasteiger partial charge in [0.15, 0.2) is 0 Å². The van der Waals surface area contributed by atoms with E-state index < -0.39 is 22.0 Å². The molecule has 1 amide bonds. The van der Waals surface area contributed by atoms with Crippen LogP contribution in [-0.2, 0) is 24.3 Å². The molecular weight excluding hydrogens is 408 g/mol. The van der Waals surface area contributed by atoms with E-state index in [1.807, 2.05) is 24.3 Å². The molecule has 0 aliphatic heterocycles. The highest BCUT2D eigenvalue weighted by Gasteiger charge is 2.26. The molecule has 166 valence electrons. The van der Waals surface area contributed by atoms with E-state index in [1.54, 1.807) is 0 Å². The average Bonchev–Trinajstić information content (AvgIpc) is 2.70. The van der Waals surface area contributed by atoms with Gasteiger partial charge in [0, 0.05) is 18.5 Å². The number of sulfonamides is 1. The van der Waals surface area contributed by atoms with Crippen LogP contribution in [0.4, 0.5) is 0 Å². The first-order valence-electron chi connectivity index (χ1n) is 9.85. The van der Waals surface area contributed by atoms with Crippen molar-refractivity contribution in [2.24, 2.45) is 11.7 Å². The number of nitrogens with one attached hydrogen (secondary N) is 3. The molecule has 1 aromatic carbocycles. The minimum absolute atomic E-state index is 0.0532. The zero-order valence-electron chi connectivity index (χ0n) is 17.3. The van der Waals surface area contributed by atoms with Crippen molar-refractivity contribution >= 4 is 27.7 Å². The van der Waals surface area contributed by atoms with Gasteiger partial charge in [-0.1, -0.05) is 24.3 Å². The third kappa shape index (κ3) is 7.42. The number of ether oxygens (including phenoxy) is 1. The van der Waals surface area contributed by atoms with Gasteiger partial charge in [-0.2, -0.15) is 4.72 Å². The minimum Gasteiger partial charge on any atom is -0.468 e. The summed E-state index contributed by atoms with van der Waals surface area (Å²) in [6.07, 6.45) is 5.04. The number of nitrogen functional groups attached to an aromatic ring is 1. The van der Waals surface area contributed by atoms with Gasteiger partial charge in [-0.15, -0.1) is 0 Å². The van der Waals surface area contributed by atoms with Gasteiger partial charge in [0.25, 0.3) is 0 Å². The van der Waals surface area contributed by atoms with E-state index in [0.717, 1.165) is 39.0 Å². The molecule has 1 unspecified atom stereocenters. The Hall–Kier alpha value is -2.46. The van der Waals surface area contributed by atoms with Crippen LogP contribution in [0.5, 0.6) is 0 Å². The number of nitrogens with two attached hydrogens (primary N) is 1. The summed E-state index contributed by atoms with van der Waals surface area (Å²) in [6, 6.07) is 6.59. The maximum atomic E-state index is 12.3. The highest BCUT2D eigenvalue weighted by atomic mass is 32.2. The lowest BCUT2D eigenvalue weighted by Gasteiger charge is -2.28. The number of hydrogen-bond acceptors (Lipinski definition) is 6. The number of carbonyl (C=O) groups is 2. The van der Waals surface area contributed by atoms with Crippen LogP contribution in [0.3, 0.4) is 0 Å². The Morgan fingerprint density at radius 2 is 1.80 bits per heavy atom. The lowest BCUT2D eigenvalue weighted by Crippen LogP contribution is -2.48. The molecule has 10 heteroatoms. The van der Waals surface area contributed by atoms with E-state index in [2.05, 4.69) is 14.8 Å². The lowest BCUT2D eigenvalue weighted by atomic mass is 9.77. The van der Waals surface area contributed by atoms with Crippen LogP contribution < -0.4 is 15.8 Å². The SMILES string of the molecule is COC(=O)C(CNC(=O)CC1CCC(c2ccc(C(=N)N)cc2)CC1)NS(C)(=O)=O. The number of carbonyl (C=O) groups excluding carboxylic acids is 2. The van der Waals surface area contributed by atoms with Gasteiger partial charge in [-0.3, -0.25) is 15.0 Å². The number of rotatable bonds is 9. The molecule has 0 heterocycles. The number of benzene rings is 1. The smallest absolute Gasteiger partial charge is 0.325 e. The van der Waals surface area contributed by atoms with Crippen molar-refractivity contribution in [1.29, 1.82) is 5.41 Å². The maximum absolute atomic E-state index is 12.3. The molecule has 1 fully saturated rings. The van der Waals surface area contributed by atoms with Crippen LogP contribution in [0.2, 0.25) is 0 Å². The van der Waals surface area contributed by atoms with E-state index in [9.17, 15) is 18.0 Å². The Labute approximate surface area is 177 Å². The Balaban J connectivity index is 1.80. The lowest BCUT2D eigenvalue weighted by molar-refractivity contribution is -0.142. The number of hydrogen-bond donors (Lipinski definition) is 4. The van der Waals surface area contributed by atoms with E-state index in [-0.39, 0.29) is 24.2 Å². The van der Waals surface area contributed by atoms with Crippen LogP contribution in [0.1, 0.15) is 49.1 Å². The molecule has 5 N–H and O–H groups in total. The van der Waals surface area contributed by atoms with Gasteiger partial charge in [0.1, 0.15) is 11.9 Å². The van der Waals surface area contributed by atoms with Gasteiger partial charge in [-0.25, -0.2) is 8.42 Å². The fourth-order valence-corrected chi connectivity index (χ4v) is 4.46. The third-order valence-corrected chi connectivity index (χ3v) is 6.07. The fourth-order valence-electron chi connectivity index (χ4n) is 3.76. The summed E-state index contributed by atoms with van der Waals surface area (Å²) in [6.45, 7) is -0.156. The highest BCUT2D eigenvalue weighted by Crippen LogP contribution is 2.37. The normalized spacial score (nSPS) is 20.2. The number of methoxy groups -OCH3 is 1. The van der Waals surface area contributed by atoms with Crippen LogP contribution in [0.15, 0.2) is 24.3 Å². The first-order chi connectivity index (χ1) is 14.1. The zero-order chi connectivity index (χ0) is 22.3. The Morgan fingerprint density at radius 1 is 1.20 bits per heavy atom. The topological polar surface area (TPSA) is 151 Å². The van der Waals surface area contributed by atoms with Crippen molar-refractivity contribution in [2.75, 3.05) is 19.9 Å². The predicted molar refractivity (Wildman–Crippen MR) is 114 cm³/mol. The van der Waals surface area contributed by atoms with Crippen LogP contribution in [0.25, 0.3) is 0 Å².